The Bertz CT molecular complexity index is 1050. The summed E-state index contributed by atoms with van der Waals surface area (Å²) in [5.41, 5.74) is -0.264. The molecule has 0 bridgehead atoms. The van der Waals surface area contributed by atoms with E-state index < -0.39 is 15.8 Å². The molecule has 0 unspecified atom stereocenters. The molecule has 0 atom stereocenters. The maximum absolute atomic E-state index is 12.2. The summed E-state index contributed by atoms with van der Waals surface area (Å²) >= 11 is 0. The molecule has 1 aromatic carbocycles. The van der Waals surface area contributed by atoms with Gasteiger partial charge in [0, 0.05) is 31.3 Å². The number of pyridine rings is 1. The number of carbonyl (C=O) groups is 1. The lowest BCUT2D eigenvalue weighted by atomic mass is 10.2. The molecule has 0 saturated heterocycles. The molecular formula is C17H14N6O6. The largest absolute Gasteiger partial charge is 0.455 e. The molecule has 29 heavy (non-hydrogen) atoms. The summed E-state index contributed by atoms with van der Waals surface area (Å²) in [7, 11) is 0. The van der Waals surface area contributed by atoms with Crippen LogP contribution in [0.15, 0.2) is 55.1 Å². The fourth-order valence-corrected chi connectivity index (χ4v) is 2.37. The third kappa shape index (κ3) is 5.32. The molecule has 148 valence electrons. The molecule has 2 aromatic heterocycles. The van der Waals surface area contributed by atoms with E-state index in [-0.39, 0.29) is 35.8 Å². The van der Waals surface area contributed by atoms with Crippen molar-refractivity contribution in [3.63, 3.8) is 0 Å². The summed E-state index contributed by atoms with van der Waals surface area (Å²) in [6.07, 6.45) is 5.25. The number of anilines is 1. The van der Waals surface area contributed by atoms with Crippen molar-refractivity contribution in [1.82, 2.24) is 14.8 Å². The second kappa shape index (κ2) is 8.56. The number of nitrogens with one attached hydrogen (secondary N) is 1. The number of hydrogen-bond donors (Lipinski definition) is 1. The minimum absolute atomic E-state index is 0.0413. The van der Waals surface area contributed by atoms with Crippen LogP contribution in [0.25, 0.3) is 0 Å². The smallest absolute Gasteiger partial charge is 0.306 e. The summed E-state index contributed by atoms with van der Waals surface area (Å²) in [6, 6.07) is 7.15. The molecule has 1 N–H and O–H groups in total. The van der Waals surface area contributed by atoms with Crippen LogP contribution in [0.5, 0.6) is 11.5 Å². The van der Waals surface area contributed by atoms with Gasteiger partial charge in [-0.15, -0.1) is 0 Å². The highest BCUT2D eigenvalue weighted by molar-refractivity contribution is 5.91. The summed E-state index contributed by atoms with van der Waals surface area (Å²) in [5, 5.41) is 28.2. The van der Waals surface area contributed by atoms with Gasteiger partial charge in [0.25, 0.3) is 5.69 Å². The summed E-state index contributed by atoms with van der Waals surface area (Å²) < 4.78 is 6.82. The zero-order valence-corrected chi connectivity index (χ0v) is 14.8. The van der Waals surface area contributed by atoms with Crippen molar-refractivity contribution in [1.29, 1.82) is 0 Å². The normalized spacial score (nSPS) is 10.3. The molecular weight excluding hydrogens is 384 g/mol. The maximum Gasteiger partial charge on any atom is 0.306 e. The van der Waals surface area contributed by atoms with Crippen LogP contribution in [-0.4, -0.2) is 30.5 Å². The molecule has 0 fully saturated rings. The van der Waals surface area contributed by atoms with Gasteiger partial charge in [0.1, 0.15) is 23.9 Å². The van der Waals surface area contributed by atoms with E-state index in [1.165, 1.54) is 35.3 Å². The van der Waals surface area contributed by atoms with Crippen molar-refractivity contribution in [3.05, 3.63) is 75.3 Å². The fraction of sp³-hybridized carbons (Fsp3) is 0.118. The van der Waals surface area contributed by atoms with Crippen molar-refractivity contribution < 1.29 is 19.4 Å². The number of aromatic nitrogens is 3. The average Bonchev–Trinajstić information content (AvgIpc) is 3.16. The molecule has 12 nitrogen and oxygen atoms in total. The minimum Gasteiger partial charge on any atom is -0.455 e. The predicted molar refractivity (Wildman–Crippen MR) is 99.5 cm³/mol. The summed E-state index contributed by atoms with van der Waals surface area (Å²) in [5.74, 6) is 0.0896. The first-order valence-corrected chi connectivity index (χ1v) is 8.25. The fourth-order valence-electron chi connectivity index (χ4n) is 2.37. The second-order valence-corrected chi connectivity index (χ2v) is 5.78. The van der Waals surface area contributed by atoms with Gasteiger partial charge in [0.15, 0.2) is 0 Å². The third-order valence-corrected chi connectivity index (χ3v) is 3.65. The monoisotopic (exact) mass is 398 g/mol. The van der Waals surface area contributed by atoms with E-state index in [2.05, 4.69) is 15.4 Å². The Morgan fingerprint density at radius 1 is 1.10 bits per heavy atom. The van der Waals surface area contributed by atoms with Crippen LogP contribution >= 0.6 is 0 Å². The van der Waals surface area contributed by atoms with Gasteiger partial charge in [-0.25, -0.2) is 0 Å². The molecule has 1 amide bonds. The third-order valence-electron chi connectivity index (χ3n) is 3.65. The van der Waals surface area contributed by atoms with Crippen LogP contribution in [0.3, 0.4) is 0 Å². The Morgan fingerprint density at radius 2 is 1.90 bits per heavy atom. The molecule has 3 rings (SSSR count). The molecule has 0 aliphatic rings. The van der Waals surface area contributed by atoms with E-state index in [1.54, 1.807) is 18.3 Å². The van der Waals surface area contributed by atoms with Gasteiger partial charge < -0.3 is 10.1 Å². The first-order valence-electron chi connectivity index (χ1n) is 8.25. The first-order chi connectivity index (χ1) is 13.9. The number of nitro groups is 2. The van der Waals surface area contributed by atoms with Crippen LogP contribution in [0, 0.1) is 20.2 Å². The zero-order chi connectivity index (χ0) is 20.8. The summed E-state index contributed by atoms with van der Waals surface area (Å²) in [4.78, 5) is 36.7. The molecule has 0 spiro atoms. The van der Waals surface area contributed by atoms with Crippen LogP contribution in [0.2, 0.25) is 0 Å². The van der Waals surface area contributed by atoms with E-state index in [4.69, 9.17) is 4.74 Å². The Kier molecular flexibility index (Phi) is 5.73. The zero-order valence-electron chi connectivity index (χ0n) is 14.8. The van der Waals surface area contributed by atoms with Gasteiger partial charge in [-0.2, -0.15) is 5.10 Å². The lowest BCUT2D eigenvalue weighted by Crippen LogP contribution is -2.15. The lowest BCUT2D eigenvalue weighted by Gasteiger charge is -2.09. The number of carbonyl (C=O) groups excluding carboxylic acids is 1. The number of non-ortho nitro benzene ring substituents is 1. The standard InChI is InChI=1S/C17H14N6O6/c24-17(3-5-21-11-14(9-19-21)23(27)28)20-12-6-13(22(25)26)8-16(7-12)29-15-2-1-4-18-10-15/h1-2,4,6-11H,3,5H2,(H,20,24). The quantitative estimate of drug-likeness (QED) is 0.448. The van der Waals surface area contributed by atoms with Crippen LogP contribution in [0.4, 0.5) is 17.1 Å². The van der Waals surface area contributed by atoms with E-state index in [0.29, 0.717) is 5.75 Å². The molecule has 2 heterocycles. The topological polar surface area (TPSA) is 155 Å². The van der Waals surface area contributed by atoms with Gasteiger partial charge in [0.05, 0.1) is 27.8 Å². The molecule has 0 radical (unpaired) electrons. The Morgan fingerprint density at radius 3 is 2.55 bits per heavy atom. The van der Waals surface area contributed by atoms with Crippen molar-refractivity contribution in [3.8, 4) is 11.5 Å². The number of nitrogens with zero attached hydrogens (tertiary/aromatic N) is 5. The SMILES string of the molecule is O=C(CCn1cc([N+](=O)[O-])cn1)Nc1cc(Oc2cccnc2)cc([N+](=O)[O-])c1. The van der Waals surface area contributed by atoms with Crippen molar-refractivity contribution in [2.45, 2.75) is 13.0 Å². The number of ether oxygens (including phenoxy) is 1. The van der Waals surface area contributed by atoms with Crippen molar-refractivity contribution >= 4 is 23.0 Å². The Balaban J connectivity index is 1.68. The number of benzene rings is 1. The highest BCUT2D eigenvalue weighted by Crippen LogP contribution is 2.29. The molecule has 0 aliphatic carbocycles. The van der Waals surface area contributed by atoms with E-state index in [1.807, 2.05) is 0 Å². The van der Waals surface area contributed by atoms with Gasteiger partial charge in [-0.1, -0.05) is 0 Å². The Labute approximate surface area is 163 Å². The second-order valence-electron chi connectivity index (χ2n) is 5.78. The summed E-state index contributed by atoms with van der Waals surface area (Å²) in [6.45, 7) is 0.105. The lowest BCUT2D eigenvalue weighted by molar-refractivity contribution is -0.385. The highest BCUT2D eigenvalue weighted by Gasteiger charge is 2.14. The predicted octanol–water partition coefficient (Wildman–Crippen LogP) is 2.92. The van der Waals surface area contributed by atoms with Crippen LogP contribution < -0.4 is 10.1 Å². The van der Waals surface area contributed by atoms with E-state index in [0.717, 1.165) is 6.20 Å². The number of aryl methyl sites for hydroxylation is 1. The highest BCUT2D eigenvalue weighted by atomic mass is 16.6. The minimum atomic E-state index is -0.603. The van der Waals surface area contributed by atoms with E-state index >= 15 is 0 Å². The average molecular weight is 398 g/mol. The number of rotatable bonds is 8. The van der Waals surface area contributed by atoms with Crippen LogP contribution in [0.1, 0.15) is 6.42 Å². The number of nitro benzene ring substituents is 1. The molecule has 0 saturated carbocycles. The molecule has 12 heteroatoms. The van der Waals surface area contributed by atoms with Crippen molar-refractivity contribution in [2.24, 2.45) is 0 Å². The molecule has 0 aliphatic heterocycles. The van der Waals surface area contributed by atoms with E-state index in [9.17, 15) is 25.0 Å². The maximum atomic E-state index is 12.2. The van der Waals surface area contributed by atoms with Gasteiger partial charge in [-0.3, -0.25) is 34.7 Å². The Hall–Kier alpha value is -4.35. The van der Waals surface area contributed by atoms with Crippen molar-refractivity contribution in [2.75, 3.05) is 5.32 Å². The van der Waals surface area contributed by atoms with Gasteiger partial charge in [0.2, 0.25) is 5.91 Å². The van der Waals surface area contributed by atoms with Gasteiger partial charge >= 0.3 is 5.69 Å². The van der Waals surface area contributed by atoms with Crippen LogP contribution in [-0.2, 0) is 11.3 Å². The number of amides is 1. The number of hydrogen-bond acceptors (Lipinski definition) is 8. The molecule has 3 aromatic rings. The van der Waals surface area contributed by atoms with Gasteiger partial charge in [-0.05, 0) is 12.1 Å². The first kappa shape index (κ1) is 19.4.